The molecule has 4 aromatic heterocycles. The lowest BCUT2D eigenvalue weighted by Gasteiger charge is -2.11. The van der Waals surface area contributed by atoms with Crippen LogP contribution < -0.4 is 11.1 Å². The summed E-state index contributed by atoms with van der Waals surface area (Å²) in [5, 5.41) is 5.35. The van der Waals surface area contributed by atoms with Crippen LogP contribution in [0.15, 0.2) is 66.6 Å². The fraction of sp³-hybridized carbons (Fsp3) is 0.0800. The molecule has 1 aromatic carbocycles. The summed E-state index contributed by atoms with van der Waals surface area (Å²) in [6, 6.07) is 12.4. The molecule has 158 valence electrons. The first-order valence-corrected chi connectivity index (χ1v) is 10.8. The zero-order valence-electron chi connectivity index (χ0n) is 17.5. The van der Waals surface area contributed by atoms with Gasteiger partial charge in [0.1, 0.15) is 11.3 Å². The average Bonchev–Trinajstić information content (AvgIpc) is 3.50. The number of nitrogen functional groups attached to an aromatic ring is 1. The van der Waals surface area contributed by atoms with E-state index in [9.17, 15) is 0 Å². The molecule has 0 spiro atoms. The summed E-state index contributed by atoms with van der Waals surface area (Å²) in [6.07, 6.45) is 15.9. The van der Waals surface area contributed by atoms with Gasteiger partial charge >= 0.3 is 0 Å². The van der Waals surface area contributed by atoms with Crippen LogP contribution in [-0.2, 0) is 6.42 Å². The summed E-state index contributed by atoms with van der Waals surface area (Å²) < 4.78 is 0. The zero-order valence-corrected chi connectivity index (χ0v) is 18.4. The smallest absolute Gasteiger partial charge is 0.111 e. The summed E-state index contributed by atoms with van der Waals surface area (Å²) in [5.41, 5.74) is 13.8. The number of nitrogens with zero attached hydrogens (tertiary/aromatic N) is 3. The van der Waals surface area contributed by atoms with Crippen molar-refractivity contribution in [3.05, 3.63) is 78.0 Å². The Morgan fingerprint density at radius 1 is 1.03 bits per heavy atom. The number of rotatable bonds is 5. The number of benzene rings is 1. The minimum Gasteiger partial charge on any atom is -0.397 e. The average molecular weight is 439 g/mol. The van der Waals surface area contributed by atoms with Crippen LogP contribution >= 0.6 is 11.3 Å². The van der Waals surface area contributed by atoms with Crippen LogP contribution in [0.5, 0.6) is 0 Å². The Balaban J connectivity index is 0.00000119. The second-order valence-electron chi connectivity index (χ2n) is 7.05. The van der Waals surface area contributed by atoms with Gasteiger partial charge in [0.25, 0.3) is 0 Å². The number of thiophene rings is 1. The highest BCUT2D eigenvalue weighted by Gasteiger charge is 2.13. The molecule has 32 heavy (non-hydrogen) atoms. The number of aromatic amines is 1. The molecular formula is C25H22N6S. The van der Waals surface area contributed by atoms with Crippen molar-refractivity contribution in [2.75, 3.05) is 18.1 Å². The molecule has 0 aliphatic carbocycles. The van der Waals surface area contributed by atoms with E-state index >= 15 is 0 Å². The van der Waals surface area contributed by atoms with Gasteiger partial charge in [-0.15, -0.1) is 24.2 Å². The number of nitrogens with one attached hydrogen (secondary N) is 2. The van der Waals surface area contributed by atoms with Crippen molar-refractivity contribution in [3.63, 3.8) is 0 Å². The van der Waals surface area contributed by atoms with Gasteiger partial charge in [0.2, 0.25) is 0 Å². The van der Waals surface area contributed by atoms with Crippen molar-refractivity contribution in [2.24, 2.45) is 0 Å². The Hall–Kier alpha value is -4.15. The summed E-state index contributed by atoms with van der Waals surface area (Å²) in [7, 11) is 1.93. The molecule has 0 radical (unpaired) electrons. The summed E-state index contributed by atoms with van der Waals surface area (Å²) in [4.78, 5) is 18.1. The third-order valence-corrected chi connectivity index (χ3v) is 5.96. The van der Waals surface area contributed by atoms with Crippen LogP contribution in [0, 0.1) is 12.8 Å². The summed E-state index contributed by atoms with van der Waals surface area (Å²) >= 11 is 1.69. The van der Waals surface area contributed by atoms with E-state index in [-0.39, 0.29) is 0 Å². The second kappa shape index (κ2) is 9.33. The monoisotopic (exact) mass is 438 g/mol. The van der Waals surface area contributed by atoms with Gasteiger partial charge in [-0.05, 0) is 40.8 Å². The van der Waals surface area contributed by atoms with Crippen LogP contribution in [0.4, 0.5) is 11.4 Å². The highest BCUT2D eigenvalue weighted by Crippen LogP contribution is 2.31. The number of nitrogens with two attached hydrogens (primary N) is 1. The standard InChI is InChI=1S/C23H20N6S.C2H2/c1-25-19-5-4-14(16-8-17(24)11-26-10-16)7-15(19)9-22-28-20-13-27-12-18(23(20)29-22)21-3-2-6-30-21;1-2/h2-8,10-13,25H,9,24H2,1H3,(H,28,29);1-2H. The number of pyridine rings is 2. The Morgan fingerprint density at radius 3 is 2.62 bits per heavy atom. The minimum absolute atomic E-state index is 0.651. The van der Waals surface area contributed by atoms with Gasteiger partial charge in [-0.1, -0.05) is 12.1 Å². The number of hydrogen-bond acceptors (Lipinski definition) is 6. The zero-order chi connectivity index (χ0) is 22.5. The SMILES string of the molecule is C#C.CNc1ccc(-c2cncc(N)c2)cc1Cc1nc2c(-c3cccs3)cncc2[nH]1. The first-order chi connectivity index (χ1) is 15.7. The van der Waals surface area contributed by atoms with Crippen LogP contribution in [0.3, 0.4) is 0 Å². The van der Waals surface area contributed by atoms with Crippen LogP contribution in [0.2, 0.25) is 0 Å². The summed E-state index contributed by atoms with van der Waals surface area (Å²) in [5.74, 6) is 0.898. The third kappa shape index (κ3) is 4.17. The fourth-order valence-corrected chi connectivity index (χ4v) is 4.38. The predicted octanol–water partition coefficient (Wildman–Crippen LogP) is 5.21. The maximum Gasteiger partial charge on any atom is 0.111 e. The van der Waals surface area contributed by atoms with E-state index in [1.807, 2.05) is 37.8 Å². The highest BCUT2D eigenvalue weighted by atomic mass is 32.1. The quantitative estimate of drug-likeness (QED) is 0.328. The Labute approximate surface area is 190 Å². The normalized spacial score (nSPS) is 10.5. The maximum atomic E-state index is 5.92. The van der Waals surface area contributed by atoms with Gasteiger partial charge in [0.15, 0.2) is 0 Å². The number of H-pyrrole nitrogens is 1. The van der Waals surface area contributed by atoms with Crippen molar-refractivity contribution in [1.29, 1.82) is 0 Å². The van der Waals surface area contributed by atoms with Crippen molar-refractivity contribution in [2.45, 2.75) is 6.42 Å². The van der Waals surface area contributed by atoms with Crippen molar-refractivity contribution < 1.29 is 0 Å². The topological polar surface area (TPSA) is 92.5 Å². The minimum atomic E-state index is 0.651. The van der Waals surface area contributed by atoms with Crippen LogP contribution in [0.1, 0.15) is 11.4 Å². The lowest BCUT2D eigenvalue weighted by atomic mass is 10.0. The van der Waals surface area contributed by atoms with E-state index in [4.69, 9.17) is 10.7 Å². The van der Waals surface area contributed by atoms with Gasteiger partial charge in [-0.2, -0.15) is 0 Å². The van der Waals surface area contributed by atoms with Crippen LogP contribution in [0.25, 0.3) is 32.6 Å². The first-order valence-electron chi connectivity index (χ1n) is 9.92. The number of anilines is 2. The third-order valence-electron chi connectivity index (χ3n) is 5.06. The number of hydrogen-bond donors (Lipinski definition) is 3. The van der Waals surface area contributed by atoms with Crippen molar-refractivity contribution >= 4 is 33.7 Å². The van der Waals surface area contributed by atoms with Crippen molar-refractivity contribution in [1.82, 2.24) is 19.9 Å². The molecule has 4 N–H and O–H groups in total. The van der Waals surface area contributed by atoms with E-state index in [1.165, 1.54) is 4.88 Å². The molecule has 0 saturated carbocycles. The molecule has 5 aromatic rings. The highest BCUT2D eigenvalue weighted by molar-refractivity contribution is 7.13. The maximum absolute atomic E-state index is 5.92. The largest absolute Gasteiger partial charge is 0.397 e. The number of fused-ring (bicyclic) bond motifs is 1. The molecule has 7 heteroatoms. The second-order valence-corrected chi connectivity index (χ2v) is 8.00. The molecule has 0 saturated heterocycles. The molecule has 6 nitrogen and oxygen atoms in total. The van der Waals surface area contributed by atoms with E-state index < -0.39 is 0 Å². The number of aromatic nitrogens is 4. The molecule has 0 aliphatic heterocycles. The lowest BCUT2D eigenvalue weighted by Crippen LogP contribution is -1.99. The number of terminal acetylenes is 1. The lowest BCUT2D eigenvalue weighted by molar-refractivity contribution is 1.04. The Kier molecular flexibility index (Phi) is 6.15. The Morgan fingerprint density at radius 2 is 1.88 bits per heavy atom. The predicted molar refractivity (Wildman–Crippen MR) is 134 cm³/mol. The van der Waals surface area contributed by atoms with Crippen LogP contribution in [-0.4, -0.2) is 27.0 Å². The van der Waals surface area contributed by atoms with E-state index in [0.29, 0.717) is 12.1 Å². The molecule has 0 bridgehead atoms. The van der Waals surface area contributed by atoms with Crippen molar-refractivity contribution in [3.8, 4) is 34.4 Å². The fourth-order valence-electron chi connectivity index (χ4n) is 3.64. The molecule has 0 atom stereocenters. The van der Waals surface area contributed by atoms with E-state index in [0.717, 1.165) is 44.8 Å². The molecule has 4 heterocycles. The molecule has 0 aliphatic rings. The number of imidazole rings is 1. The van der Waals surface area contributed by atoms with Gasteiger partial charge in [0.05, 0.1) is 17.4 Å². The van der Waals surface area contributed by atoms with E-state index in [2.05, 4.69) is 62.8 Å². The first kappa shape index (κ1) is 21.1. The molecular weight excluding hydrogens is 416 g/mol. The molecule has 0 fully saturated rings. The molecule has 0 amide bonds. The van der Waals surface area contributed by atoms with Gasteiger partial charge in [0, 0.05) is 53.8 Å². The van der Waals surface area contributed by atoms with Gasteiger partial charge < -0.3 is 16.0 Å². The molecule has 0 unspecified atom stereocenters. The molecule has 5 rings (SSSR count). The van der Waals surface area contributed by atoms with Gasteiger partial charge in [-0.3, -0.25) is 9.97 Å². The Bertz CT molecular complexity index is 1370. The summed E-state index contributed by atoms with van der Waals surface area (Å²) in [6.45, 7) is 0. The van der Waals surface area contributed by atoms with Gasteiger partial charge in [-0.25, -0.2) is 4.98 Å². The van der Waals surface area contributed by atoms with E-state index in [1.54, 1.807) is 17.5 Å².